The summed E-state index contributed by atoms with van der Waals surface area (Å²) in [5.41, 5.74) is 8.68. The van der Waals surface area contributed by atoms with Crippen molar-refractivity contribution in [2.24, 2.45) is 0 Å². The van der Waals surface area contributed by atoms with E-state index in [1.807, 2.05) is 24.3 Å². The Kier molecular flexibility index (Phi) is 3.88. The summed E-state index contributed by atoms with van der Waals surface area (Å²) in [5, 5.41) is 3.39. The van der Waals surface area contributed by atoms with Gasteiger partial charge in [-0.05, 0) is 58.7 Å². The normalized spacial score (nSPS) is 14.1. The van der Waals surface area contributed by atoms with Crippen molar-refractivity contribution in [2.45, 2.75) is 19.3 Å². The van der Waals surface area contributed by atoms with Crippen molar-refractivity contribution in [1.29, 1.82) is 0 Å². The van der Waals surface area contributed by atoms with E-state index in [9.17, 15) is 0 Å². The van der Waals surface area contributed by atoms with Gasteiger partial charge in [0, 0.05) is 22.3 Å². The number of fused-ring (bicyclic) bond motifs is 7. The van der Waals surface area contributed by atoms with Crippen molar-refractivity contribution in [3.63, 3.8) is 0 Å². The zero-order valence-corrected chi connectivity index (χ0v) is 20.8. The number of aromatic nitrogens is 2. The summed E-state index contributed by atoms with van der Waals surface area (Å²) in [6.07, 6.45) is 0. The zero-order chi connectivity index (χ0) is 24.0. The predicted molar refractivity (Wildman–Crippen MR) is 149 cm³/mol. The highest BCUT2D eigenvalue weighted by Gasteiger charge is 2.36. The van der Waals surface area contributed by atoms with Crippen LogP contribution in [0.15, 0.2) is 101 Å². The molecular formula is C32H22N2OS. The van der Waals surface area contributed by atoms with Crippen LogP contribution >= 0.6 is 11.3 Å². The van der Waals surface area contributed by atoms with Crippen LogP contribution in [0.5, 0.6) is 0 Å². The van der Waals surface area contributed by atoms with Crippen molar-refractivity contribution in [1.82, 2.24) is 9.55 Å². The van der Waals surface area contributed by atoms with Crippen LogP contribution < -0.4 is 0 Å². The first-order chi connectivity index (χ1) is 17.6. The molecule has 8 rings (SSSR count). The Balaban J connectivity index is 1.39. The van der Waals surface area contributed by atoms with E-state index in [4.69, 9.17) is 9.40 Å². The van der Waals surface area contributed by atoms with Gasteiger partial charge in [0.15, 0.2) is 10.8 Å². The number of benzene rings is 4. The fourth-order valence-electron chi connectivity index (χ4n) is 5.94. The second-order valence-corrected chi connectivity index (χ2v) is 11.1. The molecule has 0 saturated carbocycles. The number of thiazole rings is 1. The van der Waals surface area contributed by atoms with Crippen molar-refractivity contribution in [2.75, 3.05) is 0 Å². The Bertz CT molecular complexity index is 1950. The minimum atomic E-state index is -0.0337. The van der Waals surface area contributed by atoms with E-state index in [0.717, 1.165) is 33.2 Å². The van der Waals surface area contributed by atoms with Gasteiger partial charge in [0.1, 0.15) is 0 Å². The second kappa shape index (κ2) is 6.96. The van der Waals surface area contributed by atoms with Gasteiger partial charge in [0.25, 0.3) is 0 Å². The maximum absolute atomic E-state index is 6.50. The third-order valence-corrected chi connectivity index (χ3v) is 8.74. The van der Waals surface area contributed by atoms with Gasteiger partial charge in [0.05, 0.1) is 21.3 Å². The first-order valence-corrected chi connectivity index (χ1v) is 13.0. The topological polar surface area (TPSA) is 31.0 Å². The molecule has 0 radical (unpaired) electrons. The van der Waals surface area contributed by atoms with Crippen molar-refractivity contribution < 1.29 is 4.42 Å². The first-order valence-electron chi connectivity index (χ1n) is 12.2. The molecule has 172 valence electrons. The van der Waals surface area contributed by atoms with Crippen LogP contribution in [0, 0.1) is 0 Å². The lowest BCUT2D eigenvalue weighted by molar-refractivity contribution is 0.560. The highest BCUT2D eigenvalue weighted by Crippen LogP contribution is 2.51. The lowest BCUT2D eigenvalue weighted by Crippen LogP contribution is -2.14. The summed E-state index contributed by atoms with van der Waals surface area (Å²) in [6.45, 7) is 4.67. The van der Waals surface area contributed by atoms with Crippen LogP contribution in [0.25, 0.3) is 59.8 Å². The largest absolute Gasteiger partial charge is 0.437 e. The van der Waals surface area contributed by atoms with E-state index in [1.165, 1.54) is 37.7 Å². The maximum Gasteiger partial charge on any atom is 0.205 e. The highest BCUT2D eigenvalue weighted by molar-refractivity contribution is 7.21. The van der Waals surface area contributed by atoms with Crippen LogP contribution in [0.3, 0.4) is 0 Å². The van der Waals surface area contributed by atoms with Gasteiger partial charge >= 0.3 is 0 Å². The quantitative estimate of drug-likeness (QED) is 0.246. The minimum Gasteiger partial charge on any atom is -0.437 e. The second-order valence-electron chi connectivity index (χ2n) is 10.1. The molecule has 0 N–H and O–H groups in total. The van der Waals surface area contributed by atoms with Crippen molar-refractivity contribution in [3.8, 4) is 27.8 Å². The Morgan fingerprint density at radius 3 is 2.44 bits per heavy atom. The van der Waals surface area contributed by atoms with Gasteiger partial charge < -0.3 is 4.42 Å². The van der Waals surface area contributed by atoms with E-state index in [-0.39, 0.29) is 5.41 Å². The van der Waals surface area contributed by atoms with Crippen LogP contribution in [0.1, 0.15) is 25.0 Å². The Morgan fingerprint density at radius 1 is 0.722 bits per heavy atom. The first kappa shape index (κ1) is 20.1. The molecule has 0 spiro atoms. The van der Waals surface area contributed by atoms with E-state index < -0.39 is 0 Å². The van der Waals surface area contributed by atoms with Crippen LogP contribution in [0.2, 0.25) is 0 Å². The molecule has 4 aromatic carbocycles. The number of nitrogens with zero attached hydrogens (tertiary/aromatic N) is 2. The van der Waals surface area contributed by atoms with E-state index in [2.05, 4.69) is 91.2 Å². The van der Waals surface area contributed by atoms with Crippen molar-refractivity contribution >= 4 is 43.4 Å². The molecule has 3 aromatic heterocycles. The van der Waals surface area contributed by atoms with Crippen LogP contribution in [0.4, 0.5) is 0 Å². The molecule has 0 atom stereocenters. The zero-order valence-electron chi connectivity index (χ0n) is 19.9. The SMILES string of the molecule is CC1(C)c2ccccc2-c2cc3c(cc21)c1ccccc1n3-c1ccc(-c2nc3ccccc3s2)o1. The number of hydrogen-bond acceptors (Lipinski definition) is 3. The molecule has 3 heterocycles. The fraction of sp³-hybridized carbons (Fsp3) is 0.0938. The summed E-state index contributed by atoms with van der Waals surface area (Å²) >= 11 is 1.66. The molecular weight excluding hydrogens is 460 g/mol. The highest BCUT2D eigenvalue weighted by atomic mass is 32.1. The van der Waals surface area contributed by atoms with Gasteiger partial charge in [-0.15, -0.1) is 11.3 Å². The Labute approximate surface area is 212 Å². The van der Waals surface area contributed by atoms with Gasteiger partial charge in [-0.2, -0.15) is 0 Å². The molecule has 0 aliphatic heterocycles. The number of furan rings is 1. The molecule has 4 heteroatoms. The van der Waals surface area contributed by atoms with Gasteiger partial charge in [-0.1, -0.05) is 68.4 Å². The molecule has 7 aromatic rings. The average Bonchev–Trinajstić information content (AvgIpc) is 3.66. The van der Waals surface area contributed by atoms with E-state index >= 15 is 0 Å². The lowest BCUT2D eigenvalue weighted by Gasteiger charge is -2.21. The molecule has 0 bridgehead atoms. The van der Waals surface area contributed by atoms with Crippen LogP contribution in [-0.4, -0.2) is 9.55 Å². The molecule has 1 aliphatic rings. The molecule has 0 amide bonds. The van der Waals surface area contributed by atoms with Crippen molar-refractivity contribution in [3.05, 3.63) is 108 Å². The fourth-order valence-corrected chi connectivity index (χ4v) is 6.87. The number of para-hydroxylation sites is 2. The van der Waals surface area contributed by atoms with Gasteiger partial charge in [0.2, 0.25) is 5.88 Å². The monoisotopic (exact) mass is 482 g/mol. The summed E-state index contributed by atoms with van der Waals surface area (Å²) in [4.78, 5) is 4.81. The average molecular weight is 483 g/mol. The van der Waals surface area contributed by atoms with Gasteiger partial charge in [-0.25, -0.2) is 4.98 Å². The molecule has 3 nitrogen and oxygen atoms in total. The maximum atomic E-state index is 6.50. The molecule has 1 aliphatic carbocycles. The van der Waals surface area contributed by atoms with E-state index in [0.29, 0.717) is 0 Å². The van der Waals surface area contributed by atoms with Gasteiger partial charge in [-0.3, -0.25) is 4.57 Å². The summed E-state index contributed by atoms with van der Waals surface area (Å²) in [5.74, 6) is 1.60. The van der Waals surface area contributed by atoms with E-state index in [1.54, 1.807) is 11.3 Å². The standard InChI is InChI=1S/C32H22N2OS/c1-32(2)23-11-5-3-9-19(23)21-18-27-22(17-24(21)32)20-10-4-7-13-26(20)34(27)30-16-15-28(35-30)31-33-25-12-6-8-14-29(25)36-31/h3-18H,1-2H3. The summed E-state index contributed by atoms with van der Waals surface area (Å²) in [7, 11) is 0. The predicted octanol–water partition coefficient (Wildman–Crippen LogP) is 8.96. The Morgan fingerprint density at radius 2 is 1.53 bits per heavy atom. The smallest absolute Gasteiger partial charge is 0.205 e. The summed E-state index contributed by atoms with van der Waals surface area (Å²) in [6, 6.07) is 34.5. The number of rotatable bonds is 2. The Hall–Kier alpha value is -4.15. The third-order valence-electron chi connectivity index (χ3n) is 7.69. The molecule has 0 unspecified atom stereocenters. The lowest BCUT2D eigenvalue weighted by atomic mass is 9.82. The third kappa shape index (κ3) is 2.59. The molecule has 0 saturated heterocycles. The molecule has 36 heavy (non-hydrogen) atoms. The minimum absolute atomic E-state index is 0.0337. The van der Waals surface area contributed by atoms with Crippen LogP contribution in [-0.2, 0) is 5.41 Å². The molecule has 0 fully saturated rings. The number of hydrogen-bond donors (Lipinski definition) is 0. The summed E-state index contributed by atoms with van der Waals surface area (Å²) < 4.78 is 9.93.